The lowest BCUT2D eigenvalue weighted by molar-refractivity contribution is -0.135. The third kappa shape index (κ3) is 7.16. The van der Waals surface area contributed by atoms with E-state index in [1.807, 2.05) is 18.7 Å². The smallest absolute Gasteiger partial charge is 0.226 e. The van der Waals surface area contributed by atoms with Crippen LogP contribution >= 0.6 is 24.8 Å². The summed E-state index contributed by atoms with van der Waals surface area (Å²) in [6.45, 7) is 9.08. The first-order chi connectivity index (χ1) is 10.1. The molecule has 0 aromatic carbocycles. The fourth-order valence-corrected chi connectivity index (χ4v) is 3.62. The average molecular weight is 368 g/mol. The molecule has 2 aliphatic rings. The summed E-state index contributed by atoms with van der Waals surface area (Å²) in [5.41, 5.74) is 5.88. The summed E-state index contributed by atoms with van der Waals surface area (Å²) in [7, 11) is 0. The van der Waals surface area contributed by atoms with Crippen LogP contribution in [0.4, 0.5) is 0 Å². The Morgan fingerprint density at radius 3 is 2.26 bits per heavy atom. The van der Waals surface area contributed by atoms with Crippen LogP contribution in [-0.4, -0.2) is 54.5 Å². The van der Waals surface area contributed by atoms with Gasteiger partial charge in [0.2, 0.25) is 5.91 Å². The number of rotatable bonds is 4. The van der Waals surface area contributed by atoms with Gasteiger partial charge >= 0.3 is 0 Å². The molecule has 2 rings (SSSR count). The first-order valence-electron chi connectivity index (χ1n) is 8.84. The van der Waals surface area contributed by atoms with Crippen molar-refractivity contribution in [2.75, 3.05) is 32.7 Å². The molecule has 138 valence electrons. The second-order valence-electron chi connectivity index (χ2n) is 7.13. The molecule has 0 aromatic heterocycles. The Hall–Kier alpha value is -0.0300. The van der Waals surface area contributed by atoms with Crippen molar-refractivity contribution in [3.8, 4) is 0 Å². The second-order valence-corrected chi connectivity index (χ2v) is 7.13. The van der Waals surface area contributed by atoms with Crippen LogP contribution in [0.3, 0.4) is 0 Å². The minimum absolute atomic E-state index is 0. The third-order valence-electron chi connectivity index (χ3n) is 5.32. The summed E-state index contributed by atoms with van der Waals surface area (Å²) in [4.78, 5) is 17.0. The van der Waals surface area contributed by atoms with Crippen molar-refractivity contribution in [2.45, 2.75) is 58.4 Å². The highest BCUT2D eigenvalue weighted by Gasteiger charge is 2.26. The Balaban J connectivity index is 0.00000242. The highest BCUT2D eigenvalue weighted by molar-refractivity contribution is 5.85. The molecule has 2 atom stereocenters. The predicted octanol–water partition coefficient (Wildman–Crippen LogP) is 2.93. The third-order valence-corrected chi connectivity index (χ3v) is 5.32. The molecule has 0 bridgehead atoms. The molecule has 0 spiro atoms. The van der Waals surface area contributed by atoms with Gasteiger partial charge in [0.15, 0.2) is 0 Å². The standard InChI is InChI=1S/C17H33N3O.2ClH/c1-14(15(2)18)17(21)20-10-6-9-19(11-12-20)13-16-7-4-3-5-8-16;;/h14-16H,3-13,18H2,1-2H3;2*1H. The largest absolute Gasteiger partial charge is 0.341 e. The number of carbonyl (C=O) groups is 1. The van der Waals surface area contributed by atoms with Crippen LogP contribution in [0.25, 0.3) is 0 Å². The van der Waals surface area contributed by atoms with Gasteiger partial charge in [-0.3, -0.25) is 4.79 Å². The highest BCUT2D eigenvalue weighted by atomic mass is 35.5. The van der Waals surface area contributed by atoms with Crippen LogP contribution in [0.1, 0.15) is 52.4 Å². The van der Waals surface area contributed by atoms with Crippen molar-refractivity contribution in [1.82, 2.24) is 9.80 Å². The van der Waals surface area contributed by atoms with E-state index in [9.17, 15) is 4.79 Å². The molecule has 1 saturated carbocycles. The molecule has 23 heavy (non-hydrogen) atoms. The van der Waals surface area contributed by atoms with Gasteiger partial charge in [-0.15, -0.1) is 24.8 Å². The van der Waals surface area contributed by atoms with Gasteiger partial charge in [-0.25, -0.2) is 0 Å². The fourth-order valence-electron chi connectivity index (χ4n) is 3.62. The minimum atomic E-state index is -0.0603. The van der Waals surface area contributed by atoms with Gasteiger partial charge in [0.05, 0.1) is 5.92 Å². The van der Waals surface area contributed by atoms with Crippen molar-refractivity contribution in [3.63, 3.8) is 0 Å². The first kappa shape index (κ1) is 23.0. The Labute approximate surface area is 154 Å². The van der Waals surface area contributed by atoms with E-state index >= 15 is 0 Å². The number of nitrogens with zero attached hydrogens (tertiary/aromatic N) is 2. The van der Waals surface area contributed by atoms with Crippen molar-refractivity contribution >= 4 is 30.7 Å². The molecule has 4 nitrogen and oxygen atoms in total. The maximum absolute atomic E-state index is 12.4. The van der Waals surface area contributed by atoms with E-state index in [0.29, 0.717) is 0 Å². The van der Waals surface area contributed by atoms with Crippen molar-refractivity contribution in [2.24, 2.45) is 17.6 Å². The molecular weight excluding hydrogens is 333 g/mol. The summed E-state index contributed by atoms with van der Waals surface area (Å²) in [5, 5.41) is 0. The minimum Gasteiger partial charge on any atom is -0.341 e. The fraction of sp³-hybridized carbons (Fsp3) is 0.941. The van der Waals surface area contributed by atoms with Crippen LogP contribution in [0.2, 0.25) is 0 Å². The van der Waals surface area contributed by atoms with Crippen LogP contribution in [-0.2, 0) is 4.79 Å². The predicted molar refractivity (Wildman–Crippen MR) is 102 cm³/mol. The second kappa shape index (κ2) is 11.5. The lowest BCUT2D eigenvalue weighted by Crippen LogP contribution is -2.43. The molecule has 2 fully saturated rings. The lowest BCUT2D eigenvalue weighted by atomic mass is 9.89. The quantitative estimate of drug-likeness (QED) is 0.830. The summed E-state index contributed by atoms with van der Waals surface area (Å²) in [6.07, 6.45) is 8.16. The number of carbonyl (C=O) groups excluding carboxylic acids is 1. The maximum atomic E-state index is 12.4. The molecule has 1 aliphatic carbocycles. The molecule has 0 aromatic rings. The van der Waals surface area contributed by atoms with Crippen LogP contribution < -0.4 is 5.73 Å². The topological polar surface area (TPSA) is 49.6 Å². The number of halogens is 2. The zero-order valence-corrected chi connectivity index (χ0v) is 16.3. The molecule has 1 heterocycles. The molecule has 2 unspecified atom stereocenters. The zero-order chi connectivity index (χ0) is 15.2. The Kier molecular flexibility index (Phi) is 11.5. The SMILES string of the molecule is CC(N)C(C)C(=O)N1CCCN(CC2CCCCC2)CC1.Cl.Cl. The van der Waals surface area contributed by atoms with Gasteiger partial charge in [0.25, 0.3) is 0 Å². The first-order valence-corrected chi connectivity index (χ1v) is 8.84. The number of amides is 1. The van der Waals surface area contributed by atoms with Gasteiger partial charge in [0.1, 0.15) is 0 Å². The number of hydrogen-bond donors (Lipinski definition) is 1. The van der Waals surface area contributed by atoms with Crippen molar-refractivity contribution in [1.29, 1.82) is 0 Å². The van der Waals surface area contributed by atoms with Gasteiger partial charge in [-0.1, -0.05) is 26.2 Å². The maximum Gasteiger partial charge on any atom is 0.226 e. The Morgan fingerprint density at radius 2 is 1.65 bits per heavy atom. The number of nitrogens with two attached hydrogens (primary N) is 1. The van der Waals surface area contributed by atoms with Crippen LogP contribution in [0.5, 0.6) is 0 Å². The Morgan fingerprint density at radius 1 is 1.00 bits per heavy atom. The molecule has 6 heteroatoms. The summed E-state index contributed by atoms with van der Waals surface area (Å²) in [6, 6.07) is -0.0564. The Bertz CT molecular complexity index is 336. The van der Waals surface area contributed by atoms with Crippen molar-refractivity contribution < 1.29 is 4.79 Å². The van der Waals surface area contributed by atoms with Gasteiger partial charge in [0, 0.05) is 32.2 Å². The van der Waals surface area contributed by atoms with E-state index in [0.717, 1.165) is 38.5 Å². The molecular formula is C17H35Cl2N3O. The van der Waals surface area contributed by atoms with E-state index in [4.69, 9.17) is 5.73 Å². The molecule has 2 N–H and O–H groups in total. The summed E-state index contributed by atoms with van der Waals surface area (Å²) >= 11 is 0. The van der Waals surface area contributed by atoms with E-state index < -0.39 is 0 Å². The molecule has 0 radical (unpaired) electrons. The van der Waals surface area contributed by atoms with Gasteiger partial charge in [-0.05, 0) is 38.6 Å². The molecule has 1 amide bonds. The van der Waals surface area contributed by atoms with E-state index in [1.54, 1.807) is 0 Å². The normalized spacial score (nSPS) is 23.2. The summed E-state index contributed by atoms with van der Waals surface area (Å²) in [5.74, 6) is 1.07. The van der Waals surface area contributed by atoms with E-state index in [1.165, 1.54) is 38.6 Å². The monoisotopic (exact) mass is 367 g/mol. The highest BCUT2D eigenvalue weighted by Crippen LogP contribution is 2.24. The summed E-state index contributed by atoms with van der Waals surface area (Å²) < 4.78 is 0. The zero-order valence-electron chi connectivity index (χ0n) is 14.7. The van der Waals surface area contributed by atoms with Gasteiger partial charge in [-0.2, -0.15) is 0 Å². The molecule has 1 aliphatic heterocycles. The van der Waals surface area contributed by atoms with Crippen LogP contribution in [0, 0.1) is 11.8 Å². The number of hydrogen-bond acceptors (Lipinski definition) is 3. The van der Waals surface area contributed by atoms with Crippen molar-refractivity contribution in [3.05, 3.63) is 0 Å². The average Bonchev–Trinajstić information content (AvgIpc) is 2.72. The van der Waals surface area contributed by atoms with E-state index in [2.05, 4.69) is 4.90 Å². The van der Waals surface area contributed by atoms with Crippen LogP contribution in [0.15, 0.2) is 0 Å². The molecule has 1 saturated heterocycles. The lowest BCUT2D eigenvalue weighted by Gasteiger charge is -2.29. The van der Waals surface area contributed by atoms with Gasteiger partial charge < -0.3 is 15.5 Å². The van der Waals surface area contributed by atoms with E-state index in [-0.39, 0.29) is 42.7 Å².